The van der Waals surface area contributed by atoms with Gasteiger partial charge in [0.1, 0.15) is 5.75 Å². The summed E-state index contributed by atoms with van der Waals surface area (Å²) in [6.07, 6.45) is 5.53. The maximum atomic E-state index is 11.3. The van der Waals surface area contributed by atoms with E-state index in [2.05, 4.69) is 4.72 Å². The van der Waals surface area contributed by atoms with Gasteiger partial charge in [-0.1, -0.05) is 19.3 Å². The van der Waals surface area contributed by atoms with Gasteiger partial charge in [0.15, 0.2) is 5.78 Å². The lowest BCUT2D eigenvalue weighted by Crippen LogP contribution is -2.28. The van der Waals surface area contributed by atoms with Gasteiger partial charge in [-0.15, -0.1) is 0 Å². The number of benzene rings is 1. The summed E-state index contributed by atoms with van der Waals surface area (Å²) < 4.78 is 29.5. The first-order valence-electron chi connectivity index (χ1n) is 8.18. The molecule has 0 amide bonds. The van der Waals surface area contributed by atoms with Crippen molar-refractivity contribution in [3.05, 3.63) is 29.8 Å². The van der Waals surface area contributed by atoms with Crippen molar-refractivity contribution in [2.24, 2.45) is 11.8 Å². The molecule has 1 saturated carbocycles. The van der Waals surface area contributed by atoms with Gasteiger partial charge in [0.2, 0.25) is 10.9 Å². The second-order valence-electron chi connectivity index (χ2n) is 6.15. The van der Waals surface area contributed by atoms with Crippen LogP contribution in [0.15, 0.2) is 24.3 Å². The van der Waals surface area contributed by atoms with Crippen LogP contribution in [0.5, 0.6) is 5.75 Å². The molecular weight excluding hydrogens is 314 g/mol. The van der Waals surface area contributed by atoms with E-state index in [1.165, 1.54) is 12.8 Å². The van der Waals surface area contributed by atoms with Gasteiger partial charge >= 0.3 is 0 Å². The Hall–Kier alpha value is -1.40. The normalized spacial score (nSPS) is 21.3. The summed E-state index contributed by atoms with van der Waals surface area (Å²) in [7, 11) is -2.50. The number of carbonyl (C=O) groups excluding carboxylic acids is 1. The van der Waals surface area contributed by atoms with E-state index in [1.807, 2.05) is 12.1 Å². The van der Waals surface area contributed by atoms with Crippen molar-refractivity contribution in [3.8, 4) is 5.75 Å². The van der Waals surface area contributed by atoms with Gasteiger partial charge < -0.3 is 4.74 Å². The molecule has 0 aliphatic heterocycles. The zero-order valence-corrected chi connectivity index (χ0v) is 14.4. The predicted octanol–water partition coefficient (Wildman–Crippen LogP) is 2.58. The molecule has 2 rings (SSSR count). The lowest BCUT2D eigenvalue weighted by atomic mass is 9.78. The topological polar surface area (TPSA) is 72.5 Å². The monoisotopic (exact) mass is 339 g/mol. The average molecular weight is 339 g/mol. The Morgan fingerprint density at radius 1 is 1.17 bits per heavy atom. The van der Waals surface area contributed by atoms with E-state index >= 15 is 0 Å². The van der Waals surface area contributed by atoms with Crippen LogP contribution in [0.25, 0.3) is 0 Å². The third-order valence-electron chi connectivity index (χ3n) is 4.55. The van der Waals surface area contributed by atoms with E-state index in [4.69, 9.17) is 4.74 Å². The van der Waals surface area contributed by atoms with Crippen molar-refractivity contribution >= 4 is 16.7 Å². The van der Waals surface area contributed by atoms with E-state index in [0.717, 1.165) is 25.0 Å². The van der Waals surface area contributed by atoms with Crippen molar-refractivity contribution < 1.29 is 17.9 Å². The maximum Gasteiger partial charge on any atom is 0.201 e. The van der Waals surface area contributed by atoms with Crippen molar-refractivity contribution in [3.63, 3.8) is 0 Å². The lowest BCUT2D eigenvalue weighted by molar-refractivity contribution is 0.101. The molecule has 0 heterocycles. The van der Waals surface area contributed by atoms with Crippen LogP contribution < -0.4 is 9.46 Å². The standard InChI is InChI=1S/C17H25NO4S/c1-13(19)14-6-8-17(9-7-14)22-12-16-5-3-2-4-15(16)10-11-18-23(20)21/h6-9,15-16,23H,2-5,10-12H2,1H3,(H,18,20,21). The second-order valence-corrected chi connectivity index (χ2v) is 6.98. The Morgan fingerprint density at radius 3 is 2.43 bits per heavy atom. The lowest BCUT2D eigenvalue weighted by Gasteiger charge is -2.31. The fourth-order valence-electron chi connectivity index (χ4n) is 3.21. The molecule has 0 saturated heterocycles. The van der Waals surface area contributed by atoms with Crippen LogP contribution in [0.2, 0.25) is 0 Å². The van der Waals surface area contributed by atoms with Crippen LogP contribution in [0, 0.1) is 11.8 Å². The molecule has 6 heteroatoms. The fraction of sp³-hybridized carbons (Fsp3) is 0.588. The number of hydrogen-bond acceptors (Lipinski definition) is 4. The summed E-state index contributed by atoms with van der Waals surface area (Å²) in [5.41, 5.74) is 0.686. The minimum absolute atomic E-state index is 0.0492. The first-order chi connectivity index (χ1) is 11.1. The molecule has 1 N–H and O–H groups in total. The van der Waals surface area contributed by atoms with Gasteiger partial charge in [-0.2, -0.15) is 0 Å². The number of thiol groups is 1. The summed E-state index contributed by atoms with van der Waals surface area (Å²) in [5.74, 6) is 1.79. The Bertz CT molecular complexity index is 575. The predicted molar refractivity (Wildman–Crippen MR) is 90.3 cm³/mol. The largest absolute Gasteiger partial charge is 0.493 e. The minimum atomic E-state index is -2.50. The zero-order valence-electron chi connectivity index (χ0n) is 13.5. The number of Topliss-reactive ketones (excluding diaryl/α,β-unsaturated/α-hetero) is 1. The van der Waals surface area contributed by atoms with Gasteiger partial charge in [-0.05, 0) is 55.9 Å². The highest BCUT2D eigenvalue weighted by molar-refractivity contribution is 7.70. The molecule has 5 nitrogen and oxygen atoms in total. The second kappa shape index (κ2) is 9.03. The van der Waals surface area contributed by atoms with Gasteiger partial charge in [-0.3, -0.25) is 4.79 Å². The third-order valence-corrected chi connectivity index (χ3v) is 5.03. The van der Waals surface area contributed by atoms with Crippen molar-refractivity contribution in [1.82, 2.24) is 4.72 Å². The van der Waals surface area contributed by atoms with Crippen molar-refractivity contribution in [2.75, 3.05) is 13.2 Å². The van der Waals surface area contributed by atoms with Crippen LogP contribution >= 0.6 is 0 Å². The molecule has 1 aliphatic carbocycles. The Morgan fingerprint density at radius 2 is 1.83 bits per heavy atom. The molecule has 1 aliphatic rings. The molecule has 1 aromatic rings. The highest BCUT2D eigenvalue weighted by Crippen LogP contribution is 2.32. The number of nitrogens with one attached hydrogen (secondary N) is 1. The number of hydrogen-bond donors (Lipinski definition) is 2. The Kier molecular flexibility index (Phi) is 7.05. The first kappa shape index (κ1) is 17.9. The summed E-state index contributed by atoms with van der Waals surface area (Å²) in [4.78, 5) is 11.3. The molecular formula is C17H25NO4S. The SMILES string of the molecule is CC(=O)c1ccc(OCC2CCCCC2CCN[SH](=O)=O)cc1. The van der Waals surface area contributed by atoms with Gasteiger partial charge in [0, 0.05) is 12.1 Å². The molecule has 0 bridgehead atoms. The van der Waals surface area contributed by atoms with Crippen LogP contribution in [-0.2, 0) is 10.9 Å². The van der Waals surface area contributed by atoms with Gasteiger partial charge in [0.05, 0.1) is 6.61 Å². The number of rotatable bonds is 8. The Labute approximate surface area is 139 Å². The Balaban J connectivity index is 1.84. The zero-order chi connectivity index (χ0) is 16.7. The van der Waals surface area contributed by atoms with E-state index < -0.39 is 10.9 Å². The quantitative estimate of drug-likeness (QED) is 0.564. The van der Waals surface area contributed by atoms with Crippen molar-refractivity contribution in [2.45, 2.75) is 39.0 Å². The van der Waals surface area contributed by atoms with E-state index in [0.29, 0.717) is 30.6 Å². The summed E-state index contributed by atoms with van der Waals surface area (Å²) in [6.45, 7) is 2.70. The summed E-state index contributed by atoms with van der Waals surface area (Å²) in [5, 5.41) is 0. The number of ketones is 1. The minimum Gasteiger partial charge on any atom is -0.493 e. The molecule has 1 fully saturated rings. The maximum absolute atomic E-state index is 11.3. The highest BCUT2D eigenvalue weighted by Gasteiger charge is 2.25. The highest BCUT2D eigenvalue weighted by atomic mass is 32.2. The third kappa shape index (κ3) is 5.95. The van der Waals surface area contributed by atoms with Crippen LogP contribution in [0.1, 0.15) is 49.4 Å². The van der Waals surface area contributed by atoms with Crippen LogP contribution in [0.4, 0.5) is 0 Å². The molecule has 2 atom stereocenters. The van der Waals surface area contributed by atoms with Crippen molar-refractivity contribution in [1.29, 1.82) is 0 Å². The molecule has 128 valence electrons. The van der Waals surface area contributed by atoms with Crippen LogP contribution in [-0.4, -0.2) is 27.4 Å². The van der Waals surface area contributed by atoms with E-state index in [9.17, 15) is 13.2 Å². The number of carbonyl (C=O) groups is 1. The van der Waals surface area contributed by atoms with E-state index in [1.54, 1.807) is 19.1 Å². The molecule has 23 heavy (non-hydrogen) atoms. The average Bonchev–Trinajstić information content (AvgIpc) is 2.54. The smallest absolute Gasteiger partial charge is 0.201 e. The summed E-state index contributed by atoms with van der Waals surface area (Å²) in [6, 6.07) is 7.23. The molecule has 0 aromatic heterocycles. The van der Waals surface area contributed by atoms with Crippen LogP contribution in [0.3, 0.4) is 0 Å². The van der Waals surface area contributed by atoms with Gasteiger partial charge in [-0.25, -0.2) is 13.1 Å². The summed E-state index contributed by atoms with van der Waals surface area (Å²) >= 11 is 0. The molecule has 2 unspecified atom stereocenters. The van der Waals surface area contributed by atoms with E-state index in [-0.39, 0.29) is 5.78 Å². The molecule has 1 aromatic carbocycles. The number of ether oxygens (including phenoxy) is 1. The first-order valence-corrected chi connectivity index (χ1v) is 9.35. The fourth-order valence-corrected chi connectivity index (χ4v) is 3.53. The molecule has 0 radical (unpaired) electrons. The molecule has 0 spiro atoms. The van der Waals surface area contributed by atoms with Gasteiger partial charge in [0.25, 0.3) is 0 Å².